The number of carboxylic acid groups (broad SMARTS) is 1. The highest BCUT2D eigenvalue weighted by molar-refractivity contribution is 5.89. The molecule has 0 amide bonds. The van der Waals surface area contributed by atoms with Gasteiger partial charge in [-0.15, -0.1) is 0 Å². The van der Waals surface area contributed by atoms with Crippen LogP contribution in [0.15, 0.2) is 84.9 Å². The van der Waals surface area contributed by atoms with Crippen molar-refractivity contribution in [2.24, 2.45) is 11.3 Å². The molecule has 5 heteroatoms. The SMILES string of the molecule is O=C(O)c1ccccc1CN1CC(COc2ccccc2)C2(C1)CN(c1ccccc1)C2. The second-order valence-corrected chi connectivity index (χ2v) is 9.01. The summed E-state index contributed by atoms with van der Waals surface area (Å²) >= 11 is 0. The van der Waals surface area contributed by atoms with Crippen molar-refractivity contribution in [2.75, 3.05) is 37.7 Å². The Morgan fingerprint density at radius 1 is 0.906 bits per heavy atom. The number of hydrogen-bond donors (Lipinski definition) is 1. The Labute approximate surface area is 188 Å². The van der Waals surface area contributed by atoms with Crippen molar-refractivity contribution in [2.45, 2.75) is 6.54 Å². The summed E-state index contributed by atoms with van der Waals surface area (Å²) in [6.07, 6.45) is 0. The van der Waals surface area contributed by atoms with Crippen LogP contribution >= 0.6 is 0 Å². The Bertz CT molecular complexity index is 1060. The Morgan fingerprint density at radius 2 is 1.56 bits per heavy atom. The average molecular weight is 429 g/mol. The van der Waals surface area contributed by atoms with Gasteiger partial charge in [-0.1, -0.05) is 54.6 Å². The van der Waals surface area contributed by atoms with Gasteiger partial charge in [-0.2, -0.15) is 0 Å². The van der Waals surface area contributed by atoms with Crippen molar-refractivity contribution in [3.8, 4) is 5.75 Å². The van der Waals surface area contributed by atoms with Crippen LogP contribution in [0.5, 0.6) is 5.75 Å². The van der Waals surface area contributed by atoms with Crippen LogP contribution in [0.1, 0.15) is 15.9 Å². The van der Waals surface area contributed by atoms with E-state index in [0.717, 1.165) is 37.5 Å². The zero-order chi connectivity index (χ0) is 22.0. The third-order valence-corrected chi connectivity index (χ3v) is 6.85. The number of para-hydroxylation sites is 2. The smallest absolute Gasteiger partial charge is 0.336 e. The van der Waals surface area contributed by atoms with Crippen LogP contribution in [0.4, 0.5) is 5.69 Å². The topological polar surface area (TPSA) is 53.0 Å². The molecule has 1 N–H and O–H groups in total. The van der Waals surface area contributed by atoms with Crippen LogP contribution in [0.25, 0.3) is 0 Å². The molecule has 2 heterocycles. The predicted octanol–water partition coefficient (Wildman–Crippen LogP) is 4.40. The van der Waals surface area contributed by atoms with Gasteiger partial charge < -0.3 is 14.7 Å². The molecule has 2 saturated heterocycles. The van der Waals surface area contributed by atoms with E-state index in [2.05, 4.69) is 34.1 Å². The van der Waals surface area contributed by atoms with Gasteiger partial charge in [0.15, 0.2) is 0 Å². The highest BCUT2D eigenvalue weighted by atomic mass is 16.5. The summed E-state index contributed by atoms with van der Waals surface area (Å²) in [6, 6.07) is 27.9. The number of hydrogen-bond acceptors (Lipinski definition) is 4. The molecule has 0 aliphatic carbocycles. The Morgan fingerprint density at radius 3 is 2.28 bits per heavy atom. The minimum atomic E-state index is -0.864. The number of ether oxygens (including phenoxy) is 1. The first-order valence-electron chi connectivity index (χ1n) is 11.1. The summed E-state index contributed by atoms with van der Waals surface area (Å²) in [7, 11) is 0. The van der Waals surface area contributed by atoms with Crippen molar-refractivity contribution in [3.63, 3.8) is 0 Å². The number of carboxylic acids is 1. The first-order valence-corrected chi connectivity index (χ1v) is 11.1. The fourth-order valence-corrected chi connectivity index (χ4v) is 5.21. The van der Waals surface area contributed by atoms with Crippen molar-refractivity contribution in [1.82, 2.24) is 4.90 Å². The van der Waals surface area contributed by atoms with Gasteiger partial charge in [0.25, 0.3) is 0 Å². The molecule has 164 valence electrons. The molecule has 1 unspecified atom stereocenters. The number of rotatable bonds is 7. The maximum Gasteiger partial charge on any atom is 0.336 e. The van der Waals surface area contributed by atoms with E-state index < -0.39 is 5.97 Å². The fraction of sp³-hybridized carbons (Fsp3) is 0.296. The number of benzene rings is 3. The molecule has 0 bridgehead atoms. The molecule has 0 saturated carbocycles. The Balaban J connectivity index is 1.32. The lowest BCUT2D eigenvalue weighted by atomic mass is 9.71. The van der Waals surface area contributed by atoms with Gasteiger partial charge in [0.05, 0.1) is 12.2 Å². The maximum absolute atomic E-state index is 11.7. The van der Waals surface area contributed by atoms with Crippen LogP contribution in [-0.2, 0) is 6.54 Å². The van der Waals surface area contributed by atoms with E-state index in [1.165, 1.54) is 5.69 Å². The standard InChI is InChI=1S/C27H28N2O3/c30-26(31)25-14-8-7-9-21(25)15-28-16-22(17-32-24-12-5-2-6-13-24)27(18-28)19-29(20-27)23-10-3-1-4-11-23/h1-14,22H,15-20H2,(H,30,31). The van der Waals surface area contributed by atoms with Gasteiger partial charge >= 0.3 is 5.97 Å². The van der Waals surface area contributed by atoms with Crippen molar-refractivity contribution in [1.29, 1.82) is 0 Å². The monoisotopic (exact) mass is 428 g/mol. The lowest BCUT2D eigenvalue weighted by molar-refractivity contribution is 0.0694. The fourth-order valence-electron chi connectivity index (χ4n) is 5.21. The molecule has 1 spiro atoms. The summed E-state index contributed by atoms with van der Waals surface area (Å²) in [4.78, 5) is 16.5. The highest BCUT2D eigenvalue weighted by Crippen LogP contribution is 2.46. The molecule has 1 atom stereocenters. The first kappa shape index (κ1) is 20.6. The predicted molar refractivity (Wildman–Crippen MR) is 125 cm³/mol. The number of likely N-dealkylation sites (tertiary alicyclic amines) is 1. The normalized spacial score (nSPS) is 19.6. The molecule has 0 aromatic heterocycles. The average Bonchev–Trinajstić information content (AvgIpc) is 3.16. The second kappa shape index (κ2) is 8.67. The van der Waals surface area contributed by atoms with Crippen LogP contribution in [0.2, 0.25) is 0 Å². The molecule has 2 aliphatic heterocycles. The van der Waals surface area contributed by atoms with Gasteiger partial charge in [0.1, 0.15) is 5.75 Å². The first-order chi connectivity index (χ1) is 15.6. The van der Waals surface area contributed by atoms with Crippen molar-refractivity contribution in [3.05, 3.63) is 96.1 Å². The zero-order valence-corrected chi connectivity index (χ0v) is 18.1. The molecular weight excluding hydrogens is 400 g/mol. The van der Waals surface area contributed by atoms with Crippen LogP contribution in [0.3, 0.4) is 0 Å². The quantitative estimate of drug-likeness (QED) is 0.604. The number of aromatic carboxylic acids is 1. The summed E-state index contributed by atoms with van der Waals surface area (Å²) in [5.41, 5.74) is 2.68. The Kier molecular flexibility index (Phi) is 5.58. The number of nitrogens with zero attached hydrogens (tertiary/aromatic N) is 2. The molecule has 2 fully saturated rings. The lowest BCUT2D eigenvalue weighted by Gasteiger charge is -2.52. The van der Waals surface area contributed by atoms with Gasteiger partial charge in [0, 0.05) is 49.7 Å². The zero-order valence-electron chi connectivity index (χ0n) is 18.1. The van der Waals surface area contributed by atoms with Crippen molar-refractivity contribution < 1.29 is 14.6 Å². The molecule has 5 rings (SSSR count). The summed E-state index contributed by atoms with van der Waals surface area (Å²) in [6.45, 7) is 5.17. The van der Waals surface area contributed by atoms with Gasteiger partial charge in [-0.05, 0) is 35.9 Å². The van der Waals surface area contributed by atoms with Crippen LogP contribution < -0.4 is 9.64 Å². The highest BCUT2D eigenvalue weighted by Gasteiger charge is 2.54. The summed E-state index contributed by atoms with van der Waals surface area (Å²) in [5.74, 6) is 0.425. The van der Waals surface area contributed by atoms with Crippen LogP contribution in [0, 0.1) is 11.3 Å². The number of anilines is 1. The summed E-state index contributed by atoms with van der Waals surface area (Å²) < 4.78 is 6.18. The minimum absolute atomic E-state index is 0.156. The van der Waals surface area contributed by atoms with Gasteiger partial charge in [-0.25, -0.2) is 4.79 Å². The largest absolute Gasteiger partial charge is 0.493 e. The number of carbonyl (C=O) groups is 1. The molecule has 0 radical (unpaired) electrons. The Hall–Kier alpha value is -3.31. The molecule has 3 aromatic rings. The van der Waals surface area contributed by atoms with E-state index in [1.54, 1.807) is 12.1 Å². The molecule has 5 nitrogen and oxygen atoms in total. The molecule has 3 aromatic carbocycles. The molecule has 2 aliphatic rings. The maximum atomic E-state index is 11.7. The van der Waals surface area contributed by atoms with Gasteiger partial charge in [-0.3, -0.25) is 4.90 Å². The van der Waals surface area contributed by atoms with Crippen LogP contribution in [-0.4, -0.2) is 48.8 Å². The van der Waals surface area contributed by atoms with E-state index in [9.17, 15) is 9.90 Å². The second-order valence-electron chi connectivity index (χ2n) is 9.01. The summed E-state index contributed by atoms with van der Waals surface area (Å²) in [5, 5.41) is 9.58. The van der Waals surface area contributed by atoms with E-state index >= 15 is 0 Å². The minimum Gasteiger partial charge on any atom is -0.493 e. The third-order valence-electron chi connectivity index (χ3n) is 6.85. The van der Waals surface area contributed by atoms with Gasteiger partial charge in [0.2, 0.25) is 0 Å². The van der Waals surface area contributed by atoms with Crippen molar-refractivity contribution >= 4 is 11.7 Å². The lowest BCUT2D eigenvalue weighted by Crippen LogP contribution is -2.61. The third kappa shape index (κ3) is 4.08. The van der Waals surface area contributed by atoms with E-state index in [0.29, 0.717) is 24.6 Å². The van der Waals surface area contributed by atoms with E-state index in [1.807, 2.05) is 48.5 Å². The van der Waals surface area contributed by atoms with E-state index in [-0.39, 0.29) is 5.41 Å². The molecular formula is C27H28N2O3. The van der Waals surface area contributed by atoms with E-state index in [4.69, 9.17) is 4.74 Å². The molecule has 32 heavy (non-hydrogen) atoms.